The number of amides is 1. The SMILES string of the molecule is C=CCOc1ccc(C(=O)N2CCCC[C@@H]2CNS(C)(=O)=O)cc1. The molecular weight excluding hydrogens is 328 g/mol. The Balaban J connectivity index is 2.06. The molecule has 1 fully saturated rings. The maximum Gasteiger partial charge on any atom is 0.254 e. The Hall–Kier alpha value is -1.86. The van der Waals surface area contributed by atoms with Crippen LogP contribution in [0.2, 0.25) is 0 Å². The Kier molecular flexibility index (Phi) is 6.39. The second-order valence-corrected chi connectivity index (χ2v) is 7.73. The van der Waals surface area contributed by atoms with Crippen molar-refractivity contribution in [1.29, 1.82) is 0 Å². The number of ether oxygens (including phenoxy) is 1. The highest BCUT2D eigenvalue weighted by atomic mass is 32.2. The number of nitrogens with zero attached hydrogens (tertiary/aromatic N) is 1. The minimum atomic E-state index is -3.26. The van der Waals surface area contributed by atoms with Crippen LogP contribution in [0.5, 0.6) is 5.75 Å². The average Bonchev–Trinajstić information content (AvgIpc) is 2.57. The van der Waals surface area contributed by atoms with Gasteiger partial charge < -0.3 is 9.64 Å². The van der Waals surface area contributed by atoms with Crippen LogP contribution in [-0.2, 0) is 10.0 Å². The lowest BCUT2D eigenvalue weighted by atomic mass is 10.0. The number of hydrogen-bond acceptors (Lipinski definition) is 4. The van der Waals surface area contributed by atoms with Crippen LogP contribution in [0, 0.1) is 0 Å². The third-order valence-corrected chi connectivity index (χ3v) is 4.63. The molecule has 1 amide bonds. The van der Waals surface area contributed by atoms with E-state index < -0.39 is 10.0 Å². The van der Waals surface area contributed by atoms with Gasteiger partial charge in [-0.25, -0.2) is 13.1 Å². The molecular formula is C17H24N2O4S. The van der Waals surface area contributed by atoms with Crippen LogP contribution in [0.25, 0.3) is 0 Å². The summed E-state index contributed by atoms with van der Waals surface area (Å²) in [6.45, 7) is 4.90. The summed E-state index contributed by atoms with van der Waals surface area (Å²) in [6, 6.07) is 6.86. The number of piperidine rings is 1. The van der Waals surface area contributed by atoms with E-state index in [1.807, 2.05) is 0 Å². The van der Waals surface area contributed by atoms with Gasteiger partial charge >= 0.3 is 0 Å². The summed E-state index contributed by atoms with van der Waals surface area (Å²) in [5.74, 6) is 0.602. The maximum atomic E-state index is 12.8. The summed E-state index contributed by atoms with van der Waals surface area (Å²) in [7, 11) is -3.26. The van der Waals surface area contributed by atoms with Gasteiger partial charge in [0.25, 0.3) is 5.91 Å². The number of rotatable bonds is 7. The first-order valence-electron chi connectivity index (χ1n) is 8.00. The molecule has 1 aromatic carbocycles. The van der Waals surface area contributed by atoms with Crippen molar-refractivity contribution in [2.24, 2.45) is 0 Å². The first kappa shape index (κ1) is 18.5. The zero-order valence-corrected chi connectivity index (χ0v) is 14.7. The third kappa shape index (κ3) is 5.35. The Morgan fingerprint density at radius 1 is 1.38 bits per heavy atom. The smallest absolute Gasteiger partial charge is 0.254 e. The predicted octanol–water partition coefficient (Wildman–Crippen LogP) is 1.80. The van der Waals surface area contributed by atoms with Gasteiger partial charge in [-0.1, -0.05) is 12.7 Å². The fourth-order valence-corrected chi connectivity index (χ4v) is 3.24. The van der Waals surface area contributed by atoms with Crippen molar-refractivity contribution >= 4 is 15.9 Å². The van der Waals surface area contributed by atoms with E-state index in [1.165, 1.54) is 0 Å². The molecule has 7 heteroatoms. The van der Waals surface area contributed by atoms with Gasteiger partial charge in [0, 0.05) is 24.7 Å². The van der Waals surface area contributed by atoms with E-state index in [1.54, 1.807) is 35.2 Å². The van der Waals surface area contributed by atoms with Gasteiger partial charge in [-0.05, 0) is 43.5 Å². The summed E-state index contributed by atoms with van der Waals surface area (Å²) < 4.78 is 30.5. The van der Waals surface area contributed by atoms with Crippen LogP contribution < -0.4 is 9.46 Å². The van der Waals surface area contributed by atoms with Crippen molar-refractivity contribution < 1.29 is 17.9 Å². The van der Waals surface area contributed by atoms with Crippen molar-refractivity contribution in [3.63, 3.8) is 0 Å². The standard InChI is InChI=1S/C17H24N2O4S/c1-3-12-23-16-9-7-14(8-10-16)17(20)19-11-5-4-6-15(19)13-18-24(2,21)22/h3,7-10,15,18H,1,4-6,11-13H2,2H3/t15-/m1/s1. The normalized spacial score (nSPS) is 18.2. The molecule has 1 aromatic rings. The van der Waals surface area contributed by atoms with Gasteiger partial charge in [-0.2, -0.15) is 0 Å². The van der Waals surface area contributed by atoms with E-state index in [4.69, 9.17) is 4.74 Å². The molecule has 0 aliphatic carbocycles. The van der Waals surface area contributed by atoms with Crippen LogP contribution in [0.4, 0.5) is 0 Å². The molecule has 0 spiro atoms. The monoisotopic (exact) mass is 352 g/mol. The molecule has 1 aliphatic rings. The Morgan fingerprint density at radius 2 is 2.08 bits per heavy atom. The molecule has 0 unspecified atom stereocenters. The van der Waals surface area contributed by atoms with Crippen molar-refractivity contribution in [3.05, 3.63) is 42.5 Å². The largest absolute Gasteiger partial charge is 0.490 e. The number of benzene rings is 1. The highest BCUT2D eigenvalue weighted by molar-refractivity contribution is 7.88. The van der Waals surface area contributed by atoms with E-state index in [9.17, 15) is 13.2 Å². The molecule has 1 N–H and O–H groups in total. The van der Waals surface area contributed by atoms with E-state index in [0.29, 0.717) is 24.5 Å². The van der Waals surface area contributed by atoms with Crippen molar-refractivity contribution in [2.45, 2.75) is 25.3 Å². The fraction of sp³-hybridized carbons (Fsp3) is 0.471. The summed E-state index contributed by atoms with van der Waals surface area (Å²) in [5, 5.41) is 0. The number of likely N-dealkylation sites (tertiary alicyclic amines) is 1. The lowest BCUT2D eigenvalue weighted by Gasteiger charge is -2.35. The number of hydrogen-bond donors (Lipinski definition) is 1. The molecule has 0 aromatic heterocycles. The van der Waals surface area contributed by atoms with E-state index in [0.717, 1.165) is 25.5 Å². The summed E-state index contributed by atoms with van der Waals surface area (Å²) in [6.07, 6.45) is 5.51. The van der Waals surface area contributed by atoms with E-state index in [2.05, 4.69) is 11.3 Å². The number of carbonyl (C=O) groups is 1. The third-order valence-electron chi connectivity index (χ3n) is 3.94. The Bertz CT molecular complexity index is 670. The van der Waals surface area contributed by atoms with Crippen molar-refractivity contribution in [3.8, 4) is 5.75 Å². The summed E-state index contributed by atoms with van der Waals surface area (Å²) in [4.78, 5) is 14.5. The molecule has 0 radical (unpaired) electrons. The van der Waals surface area contributed by atoms with Gasteiger partial charge in [-0.15, -0.1) is 0 Å². The van der Waals surface area contributed by atoms with Crippen molar-refractivity contribution in [2.75, 3.05) is 26.0 Å². The first-order valence-corrected chi connectivity index (χ1v) is 9.89. The maximum absolute atomic E-state index is 12.8. The average molecular weight is 352 g/mol. The van der Waals surface area contributed by atoms with Crippen LogP contribution in [0.15, 0.2) is 36.9 Å². The number of nitrogens with one attached hydrogen (secondary N) is 1. The zero-order chi connectivity index (χ0) is 17.6. The van der Waals surface area contributed by atoms with Crippen LogP contribution >= 0.6 is 0 Å². The zero-order valence-electron chi connectivity index (χ0n) is 13.9. The summed E-state index contributed by atoms with van der Waals surface area (Å²) >= 11 is 0. The molecule has 1 aliphatic heterocycles. The second-order valence-electron chi connectivity index (χ2n) is 5.89. The highest BCUT2D eigenvalue weighted by Crippen LogP contribution is 2.21. The lowest BCUT2D eigenvalue weighted by molar-refractivity contribution is 0.0619. The molecule has 1 atom stereocenters. The summed E-state index contributed by atoms with van der Waals surface area (Å²) in [5.41, 5.74) is 0.576. The molecule has 6 nitrogen and oxygen atoms in total. The van der Waals surface area contributed by atoms with E-state index >= 15 is 0 Å². The van der Waals surface area contributed by atoms with Crippen molar-refractivity contribution in [1.82, 2.24) is 9.62 Å². The molecule has 2 rings (SSSR count). The molecule has 0 bridgehead atoms. The van der Waals surface area contributed by atoms with Gasteiger partial charge in [-0.3, -0.25) is 4.79 Å². The second kappa shape index (κ2) is 8.30. The molecule has 0 saturated carbocycles. The van der Waals surface area contributed by atoms with Gasteiger partial charge in [0.2, 0.25) is 10.0 Å². The Morgan fingerprint density at radius 3 is 2.71 bits per heavy atom. The number of carbonyl (C=O) groups excluding carboxylic acids is 1. The molecule has 1 heterocycles. The van der Waals surface area contributed by atoms with Crippen LogP contribution in [0.1, 0.15) is 29.6 Å². The first-order chi connectivity index (χ1) is 11.4. The van der Waals surface area contributed by atoms with Gasteiger partial charge in [0.15, 0.2) is 0 Å². The fourth-order valence-electron chi connectivity index (χ4n) is 2.74. The Labute approximate surface area is 143 Å². The van der Waals surface area contributed by atoms with Gasteiger partial charge in [0.05, 0.1) is 6.26 Å². The molecule has 132 valence electrons. The van der Waals surface area contributed by atoms with Gasteiger partial charge in [0.1, 0.15) is 12.4 Å². The topological polar surface area (TPSA) is 75.7 Å². The van der Waals surface area contributed by atoms with E-state index in [-0.39, 0.29) is 18.5 Å². The lowest BCUT2D eigenvalue weighted by Crippen LogP contribution is -2.49. The molecule has 24 heavy (non-hydrogen) atoms. The quantitative estimate of drug-likeness (QED) is 0.759. The highest BCUT2D eigenvalue weighted by Gasteiger charge is 2.28. The van der Waals surface area contributed by atoms with Crippen LogP contribution in [-0.4, -0.2) is 51.2 Å². The predicted molar refractivity (Wildman–Crippen MR) is 93.7 cm³/mol. The van der Waals surface area contributed by atoms with Crippen LogP contribution in [0.3, 0.4) is 0 Å². The molecule has 1 saturated heterocycles. The number of sulfonamides is 1. The minimum absolute atomic E-state index is 0.0785. The minimum Gasteiger partial charge on any atom is -0.490 e.